The Morgan fingerprint density at radius 2 is 2.12 bits per heavy atom. The molecule has 0 radical (unpaired) electrons. The molecule has 1 aromatic rings. The molecule has 1 unspecified atom stereocenters. The first-order valence-electron chi connectivity index (χ1n) is 8.13. The second-order valence-electron chi connectivity index (χ2n) is 5.84. The summed E-state index contributed by atoms with van der Waals surface area (Å²) in [5, 5.41) is 11.5. The Bertz CT molecular complexity index is 648. The van der Waals surface area contributed by atoms with Gasteiger partial charge in [-0.2, -0.15) is 0 Å². The lowest BCUT2D eigenvalue weighted by atomic mass is 9.94. The molecular weight excluding hydrogens is 316 g/mol. The molecule has 2 aliphatic heterocycles. The number of piperidine rings is 1. The monoisotopic (exact) mass is 336 g/mol. The first-order valence-corrected chi connectivity index (χ1v) is 8.13. The van der Waals surface area contributed by atoms with Crippen molar-refractivity contribution >= 4 is 11.8 Å². The highest BCUT2D eigenvalue weighted by Crippen LogP contribution is 2.43. The van der Waals surface area contributed by atoms with Crippen molar-refractivity contribution in [3.05, 3.63) is 27.8 Å². The SMILES string of the molecule is CCCOC(=O)N1CCCCC1c1cc2c(cc1[N+](=O)[O-])OCO2. The van der Waals surface area contributed by atoms with Crippen LogP contribution in [-0.4, -0.2) is 35.9 Å². The van der Waals surface area contributed by atoms with Crippen LogP contribution in [0.4, 0.5) is 10.5 Å². The Kier molecular flexibility index (Phi) is 4.73. The zero-order valence-corrected chi connectivity index (χ0v) is 13.5. The van der Waals surface area contributed by atoms with Crippen LogP contribution in [0.1, 0.15) is 44.2 Å². The number of benzene rings is 1. The molecule has 1 aromatic carbocycles. The smallest absolute Gasteiger partial charge is 0.410 e. The number of carbonyl (C=O) groups excluding carboxylic acids is 1. The van der Waals surface area contributed by atoms with Crippen LogP contribution in [0.5, 0.6) is 11.5 Å². The maximum Gasteiger partial charge on any atom is 0.410 e. The number of rotatable bonds is 4. The van der Waals surface area contributed by atoms with Gasteiger partial charge >= 0.3 is 6.09 Å². The number of nitro benzene ring substituents is 1. The summed E-state index contributed by atoms with van der Waals surface area (Å²) in [5.41, 5.74) is 0.414. The van der Waals surface area contributed by atoms with Crippen molar-refractivity contribution in [2.45, 2.75) is 38.6 Å². The molecule has 1 fully saturated rings. The number of likely N-dealkylation sites (tertiary alicyclic amines) is 1. The van der Waals surface area contributed by atoms with E-state index in [1.807, 2.05) is 6.92 Å². The Morgan fingerprint density at radius 3 is 2.83 bits per heavy atom. The van der Waals surface area contributed by atoms with E-state index < -0.39 is 17.1 Å². The Morgan fingerprint density at radius 1 is 1.38 bits per heavy atom. The minimum atomic E-state index is -0.443. The van der Waals surface area contributed by atoms with Gasteiger partial charge in [0.15, 0.2) is 11.5 Å². The van der Waals surface area contributed by atoms with Gasteiger partial charge in [-0.05, 0) is 31.7 Å². The highest BCUT2D eigenvalue weighted by molar-refractivity contribution is 5.69. The van der Waals surface area contributed by atoms with Crippen molar-refractivity contribution in [2.24, 2.45) is 0 Å². The lowest BCUT2D eigenvalue weighted by Crippen LogP contribution is -2.39. The van der Waals surface area contributed by atoms with E-state index in [4.69, 9.17) is 14.2 Å². The number of ether oxygens (including phenoxy) is 3. The molecule has 0 aliphatic carbocycles. The van der Waals surface area contributed by atoms with Crippen LogP contribution < -0.4 is 9.47 Å². The molecule has 2 aliphatic rings. The largest absolute Gasteiger partial charge is 0.454 e. The molecule has 3 rings (SSSR count). The van der Waals surface area contributed by atoms with E-state index in [2.05, 4.69) is 0 Å². The molecule has 8 nitrogen and oxygen atoms in total. The average Bonchev–Trinajstić information content (AvgIpc) is 3.06. The van der Waals surface area contributed by atoms with E-state index >= 15 is 0 Å². The fourth-order valence-corrected chi connectivity index (χ4v) is 3.12. The molecule has 1 saturated heterocycles. The molecule has 8 heteroatoms. The van der Waals surface area contributed by atoms with Gasteiger partial charge in [-0.3, -0.25) is 10.1 Å². The zero-order chi connectivity index (χ0) is 17.1. The molecule has 0 N–H and O–H groups in total. The summed E-state index contributed by atoms with van der Waals surface area (Å²) < 4.78 is 15.8. The van der Waals surface area contributed by atoms with Crippen molar-refractivity contribution in [3.63, 3.8) is 0 Å². The van der Waals surface area contributed by atoms with Crippen LogP contribution in [0.2, 0.25) is 0 Å². The van der Waals surface area contributed by atoms with Crippen LogP contribution in [0, 0.1) is 10.1 Å². The third-order valence-corrected chi connectivity index (χ3v) is 4.24. The molecule has 24 heavy (non-hydrogen) atoms. The Hall–Kier alpha value is -2.51. The van der Waals surface area contributed by atoms with Crippen molar-refractivity contribution in [1.29, 1.82) is 0 Å². The first kappa shape index (κ1) is 16.4. The summed E-state index contributed by atoms with van der Waals surface area (Å²) >= 11 is 0. The van der Waals surface area contributed by atoms with Gasteiger partial charge < -0.3 is 19.1 Å². The van der Waals surface area contributed by atoms with Crippen LogP contribution in [-0.2, 0) is 4.74 Å². The molecule has 0 bridgehead atoms. The minimum absolute atomic E-state index is 0.0445. The third kappa shape index (κ3) is 3.08. The molecule has 2 heterocycles. The molecular formula is C16H20N2O6. The summed E-state index contributed by atoms with van der Waals surface area (Å²) in [6.45, 7) is 2.83. The van der Waals surface area contributed by atoms with Crippen molar-refractivity contribution in [3.8, 4) is 11.5 Å². The number of nitrogens with zero attached hydrogens (tertiary/aromatic N) is 2. The molecule has 0 spiro atoms. The van der Waals surface area contributed by atoms with Gasteiger partial charge in [-0.15, -0.1) is 0 Å². The maximum atomic E-state index is 12.3. The van der Waals surface area contributed by atoms with Crippen molar-refractivity contribution < 1.29 is 23.9 Å². The fourth-order valence-electron chi connectivity index (χ4n) is 3.12. The predicted molar refractivity (Wildman–Crippen MR) is 84.2 cm³/mol. The second kappa shape index (κ2) is 6.94. The van der Waals surface area contributed by atoms with E-state index in [1.165, 1.54) is 6.07 Å². The fraction of sp³-hybridized carbons (Fsp3) is 0.562. The number of hydrogen-bond acceptors (Lipinski definition) is 6. The second-order valence-corrected chi connectivity index (χ2v) is 5.84. The summed E-state index contributed by atoms with van der Waals surface area (Å²) in [7, 11) is 0. The summed E-state index contributed by atoms with van der Waals surface area (Å²) in [4.78, 5) is 25.0. The van der Waals surface area contributed by atoms with Gasteiger partial charge in [-0.1, -0.05) is 6.92 Å². The van der Waals surface area contributed by atoms with E-state index in [0.717, 1.165) is 19.3 Å². The molecule has 130 valence electrons. The maximum absolute atomic E-state index is 12.3. The topological polar surface area (TPSA) is 91.1 Å². The summed E-state index contributed by atoms with van der Waals surface area (Å²) in [5.74, 6) is 0.837. The quantitative estimate of drug-likeness (QED) is 0.618. The number of amides is 1. The van der Waals surface area contributed by atoms with Gasteiger partial charge in [0, 0.05) is 6.54 Å². The van der Waals surface area contributed by atoms with Crippen LogP contribution in [0.3, 0.4) is 0 Å². The summed E-state index contributed by atoms with van der Waals surface area (Å²) in [6.07, 6.45) is 2.72. The number of nitro groups is 1. The van der Waals surface area contributed by atoms with E-state index in [1.54, 1.807) is 11.0 Å². The summed E-state index contributed by atoms with van der Waals surface area (Å²) in [6, 6.07) is 2.61. The van der Waals surface area contributed by atoms with Crippen LogP contribution in [0.25, 0.3) is 0 Å². The van der Waals surface area contributed by atoms with Crippen LogP contribution in [0.15, 0.2) is 12.1 Å². The highest BCUT2D eigenvalue weighted by atomic mass is 16.7. The number of carbonyl (C=O) groups is 1. The van der Waals surface area contributed by atoms with Gasteiger partial charge in [0.25, 0.3) is 5.69 Å². The number of hydrogen-bond donors (Lipinski definition) is 0. The lowest BCUT2D eigenvalue weighted by molar-refractivity contribution is -0.386. The number of fused-ring (bicyclic) bond motifs is 1. The van der Waals surface area contributed by atoms with Crippen molar-refractivity contribution in [1.82, 2.24) is 4.90 Å². The molecule has 1 atom stereocenters. The molecule has 1 amide bonds. The highest BCUT2D eigenvalue weighted by Gasteiger charge is 2.35. The van der Waals surface area contributed by atoms with E-state index in [9.17, 15) is 14.9 Å². The Labute approximate surface area is 139 Å². The van der Waals surface area contributed by atoms with Gasteiger partial charge in [0.1, 0.15) is 0 Å². The van der Waals surface area contributed by atoms with E-state index in [-0.39, 0.29) is 12.5 Å². The molecule has 0 aromatic heterocycles. The Balaban J connectivity index is 1.95. The van der Waals surface area contributed by atoms with E-state index in [0.29, 0.717) is 36.6 Å². The zero-order valence-electron chi connectivity index (χ0n) is 13.5. The van der Waals surface area contributed by atoms with Crippen LogP contribution >= 0.6 is 0 Å². The minimum Gasteiger partial charge on any atom is -0.454 e. The standard InChI is InChI=1S/C16H20N2O6/c1-2-7-22-16(19)17-6-4-3-5-12(17)11-8-14-15(24-10-23-14)9-13(11)18(20)21/h8-9,12H,2-7,10H2,1H3. The van der Waals surface area contributed by atoms with Crippen molar-refractivity contribution in [2.75, 3.05) is 19.9 Å². The van der Waals surface area contributed by atoms with Gasteiger partial charge in [0.05, 0.1) is 29.2 Å². The predicted octanol–water partition coefficient (Wildman–Crippen LogP) is 3.40. The lowest BCUT2D eigenvalue weighted by Gasteiger charge is -2.34. The molecule has 0 saturated carbocycles. The van der Waals surface area contributed by atoms with Gasteiger partial charge in [-0.25, -0.2) is 4.79 Å². The third-order valence-electron chi connectivity index (χ3n) is 4.24. The average molecular weight is 336 g/mol. The van der Waals surface area contributed by atoms with Gasteiger partial charge in [0.2, 0.25) is 6.79 Å². The normalized spacial score (nSPS) is 19.2. The first-order chi connectivity index (χ1) is 11.6.